The zero-order chi connectivity index (χ0) is 13.2. The smallest absolute Gasteiger partial charge is 0.212 e. The Morgan fingerprint density at radius 2 is 2.22 bits per heavy atom. The van der Waals surface area contributed by atoms with E-state index in [9.17, 15) is 12.8 Å². The van der Waals surface area contributed by atoms with E-state index in [-0.39, 0.29) is 17.6 Å². The van der Waals surface area contributed by atoms with Crippen LogP contribution in [0.1, 0.15) is 23.6 Å². The van der Waals surface area contributed by atoms with Crippen molar-refractivity contribution >= 4 is 10.0 Å². The van der Waals surface area contributed by atoms with Crippen LogP contribution in [0.25, 0.3) is 0 Å². The number of hydrogen-bond acceptors (Lipinski definition) is 3. The van der Waals surface area contributed by atoms with Gasteiger partial charge in [0.1, 0.15) is 5.82 Å². The summed E-state index contributed by atoms with van der Waals surface area (Å²) >= 11 is 0. The van der Waals surface area contributed by atoms with Crippen molar-refractivity contribution in [3.05, 3.63) is 35.1 Å². The monoisotopic (exact) mass is 272 g/mol. The molecular formula is C12H17FN2O2S. The standard InChI is InChI=1S/C12H17FN2O2S/c1-14-18(16,17)8-7-15-12-6-5-9-10(12)3-2-4-11(9)13/h2-4,12,14-15H,5-8H2,1H3. The first-order valence-corrected chi connectivity index (χ1v) is 7.60. The van der Waals surface area contributed by atoms with Gasteiger partial charge in [-0.3, -0.25) is 0 Å². The maximum absolute atomic E-state index is 13.5. The van der Waals surface area contributed by atoms with Gasteiger partial charge in [-0.1, -0.05) is 12.1 Å². The van der Waals surface area contributed by atoms with Gasteiger partial charge in [-0.05, 0) is 37.1 Å². The van der Waals surface area contributed by atoms with Gasteiger partial charge >= 0.3 is 0 Å². The van der Waals surface area contributed by atoms with Crippen molar-refractivity contribution in [1.82, 2.24) is 10.0 Å². The molecule has 0 saturated carbocycles. The molecule has 0 radical (unpaired) electrons. The van der Waals surface area contributed by atoms with E-state index >= 15 is 0 Å². The Morgan fingerprint density at radius 3 is 2.94 bits per heavy atom. The van der Waals surface area contributed by atoms with Gasteiger partial charge in [0.2, 0.25) is 10.0 Å². The minimum atomic E-state index is -3.18. The van der Waals surface area contributed by atoms with Gasteiger partial charge < -0.3 is 5.32 Å². The van der Waals surface area contributed by atoms with Gasteiger partial charge in [0, 0.05) is 12.6 Å². The summed E-state index contributed by atoms with van der Waals surface area (Å²) in [6, 6.07) is 5.11. The van der Waals surface area contributed by atoms with E-state index in [1.807, 2.05) is 6.07 Å². The van der Waals surface area contributed by atoms with E-state index in [2.05, 4.69) is 10.0 Å². The highest BCUT2D eigenvalue weighted by molar-refractivity contribution is 7.89. The number of rotatable bonds is 5. The summed E-state index contributed by atoms with van der Waals surface area (Å²) in [5.74, 6) is -0.135. The molecule has 1 atom stereocenters. The Kier molecular flexibility index (Phi) is 3.99. The van der Waals surface area contributed by atoms with Crippen LogP contribution < -0.4 is 10.0 Å². The first-order chi connectivity index (χ1) is 8.53. The topological polar surface area (TPSA) is 58.2 Å². The lowest BCUT2D eigenvalue weighted by Crippen LogP contribution is -2.31. The fourth-order valence-corrected chi connectivity index (χ4v) is 2.88. The van der Waals surface area contributed by atoms with Crippen LogP contribution in [0.15, 0.2) is 18.2 Å². The molecule has 0 heterocycles. The molecule has 1 aromatic rings. The first kappa shape index (κ1) is 13.5. The predicted octanol–water partition coefficient (Wildman–Crippen LogP) is 0.952. The Bertz CT molecular complexity index is 531. The van der Waals surface area contributed by atoms with Crippen LogP contribution >= 0.6 is 0 Å². The van der Waals surface area contributed by atoms with E-state index in [4.69, 9.17) is 0 Å². The lowest BCUT2D eigenvalue weighted by Gasteiger charge is -2.13. The Labute approximate surface area is 107 Å². The molecular weight excluding hydrogens is 255 g/mol. The summed E-state index contributed by atoms with van der Waals surface area (Å²) in [6.07, 6.45) is 1.52. The van der Waals surface area contributed by atoms with Crippen molar-refractivity contribution in [1.29, 1.82) is 0 Å². The summed E-state index contributed by atoms with van der Waals surface area (Å²) in [6.45, 7) is 0.365. The zero-order valence-electron chi connectivity index (χ0n) is 10.2. The Morgan fingerprint density at radius 1 is 1.44 bits per heavy atom. The lowest BCUT2D eigenvalue weighted by molar-refractivity contribution is 0.539. The van der Waals surface area contributed by atoms with Crippen LogP contribution in [0, 0.1) is 5.82 Å². The van der Waals surface area contributed by atoms with Crippen LogP contribution in [0.2, 0.25) is 0 Å². The summed E-state index contributed by atoms with van der Waals surface area (Å²) in [5.41, 5.74) is 1.71. The van der Waals surface area contributed by atoms with Crippen LogP contribution in [0.5, 0.6) is 0 Å². The lowest BCUT2D eigenvalue weighted by atomic mass is 10.1. The second-order valence-electron chi connectivity index (χ2n) is 4.38. The third kappa shape index (κ3) is 2.88. The summed E-state index contributed by atoms with van der Waals surface area (Å²) in [7, 11) is -1.78. The number of benzene rings is 1. The molecule has 0 aromatic heterocycles. The van der Waals surface area contributed by atoms with Crippen LogP contribution in [-0.2, 0) is 16.4 Å². The molecule has 4 nitrogen and oxygen atoms in total. The molecule has 0 saturated heterocycles. The fourth-order valence-electron chi connectivity index (χ4n) is 2.29. The zero-order valence-corrected chi connectivity index (χ0v) is 11.1. The van der Waals surface area contributed by atoms with E-state index < -0.39 is 10.0 Å². The Hall–Kier alpha value is -0.980. The third-order valence-corrected chi connectivity index (χ3v) is 4.65. The van der Waals surface area contributed by atoms with Crippen LogP contribution in [0.4, 0.5) is 4.39 Å². The predicted molar refractivity (Wildman–Crippen MR) is 68.3 cm³/mol. The van der Waals surface area contributed by atoms with Crippen molar-refractivity contribution in [3.63, 3.8) is 0 Å². The molecule has 0 spiro atoms. The molecule has 1 aromatic carbocycles. The molecule has 1 aliphatic rings. The number of fused-ring (bicyclic) bond motifs is 1. The molecule has 0 aliphatic heterocycles. The molecule has 18 heavy (non-hydrogen) atoms. The number of nitrogens with one attached hydrogen (secondary N) is 2. The largest absolute Gasteiger partial charge is 0.309 e. The highest BCUT2D eigenvalue weighted by Crippen LogP contribution is 2.32. The molecule has 100 valence electrons. The Balaban J connectivity index is 1.97. The summed E-state index contributed by atoms with van der Waals surface area (Å²) in [4.78, 5) is 0. The van der Waals surface area contributed by atoms with Crippen molar-refractivity contribution in [2.75, 3.05) is 19.3 Å². The number of sulfonamides is 1. The normalized spacial score (nSPS) is 18.9. The van der Waals surface area contributed by atoms with Gasteiger partial charge in [0.05, 0.1) is 5.75 Å². The van der Waals surface area contributed by atoms with E-state index in [0.29, 0.717) is 13.0 Å². The minimum Gasteiger partial charge on any atom is -0.309 e. The fraction of sp³-hybridized carbons (Fsp3) is 0.500. The van der Waals surface area contributed by atoms with Crippen molar-refractivity contribution < 1.29 is 12.8 Å². The maximum Gasteiger partial charge on any atom is 0.212 e. The quantitative estimate of drug-likeness (QED) is 0.839. The van der Waals surface area contributed by atoms with E-state index in [1.165, 1.54) is 13.1 Å². The molecule has 2 N–H and O–H groups in total. The molecule has 6 heteroatoms. The average Bonchev–Trinajstić information content (AvgIpc) is 2.74. The van der Waals surface area contributed by atoms with Gasteiger partial charge in [0.25, 0.3) is 0 Å². The summed E-state index contributed by atoms with van der Waals surface area (Å²) in [5, 5.41) is 3.17. The third-order valence-electron chi connectivity index (χ3n) is 3.29. The second-order valence-corrected chi connectivity index (χ2v) is 6.42. The van der Waals surface area contributed by atoms with Crippen LogP contribution in [0.3, 0.4) is 0 Å². The number of halogens is 1. The highest BCUT2D eigenvalue weighted by atomic mass is 32.2. The van der Waals surface area contributed by atoms with Crippen LogP contribution in [-0.4, -0.2) is 27.8 Å². The van der Waals surface area contributed by atoms with Crippen molar-refractivity contribution in [2.45, 2.75) is 18.9 Å². The maximum atomic E-state index is 13.5. The van der Waals surface area contributed by atoms with Crippen molar-refractivity contribution in [3.8, 4) is 0 Å². The molecule has 0 fully saturated rings. The van der Waals surface area contributed by atoms with E-state index in [1.54, 1.807) is 6.07 Å². The first-order valence-electron chi connectivity index (χ1n) is 5.95. The van der Waals surface area contributed by atoms with E-state index in [0.717, 1.165) is 17.5 Å². The SMILES string of the molecule is CNS(=O)(=O)CCNC1CCc2c(F)cccc21. The molecule has 1 unspecified atom stereocenters. The average molecular weight is 272 g/mol. The molecule has 2 rings (SSSR count). The van der Waals surface area contributed by atoms with Gasteiger partial charge in [-0.25, -0.2) is 17.5 Å². The molecule has 0 bridgehead atoms. The second kappa shape index (κ2) is 5.34. The number of hydrogen-bond donors (Lipinski definition) is 2. The summed E-state index contributed by atoms with van der Waals surface area (Å²) < 4.78 is 38.3. The van der Waals surface area contributed by atoms with Gasteiger partial charge in [-0.2, -0.15) is 0 Å². The minimum absolute atomic E-state index is 0.0324. The van der Waals surface area contributed by atoms with Gasteiger partial charge in [-0.15, -0.1) is 0 Å². The molecule has 0 amide bonds. The molecule has 1 aliphatic carbocycles. The van der Waals surface area contributed by atoms with Gasteiger partial charge in [0.15, 0.2) is 0 Å². The highest BCUT2D eigenvalue weighted by Gasteiger charge is 2.24. The van der Waals surface area contributed by atoms with Crippen molar-refractivity contribution in [2.24, 2.45) is 0 Å².